The number of allylic oxidation sites excluding steroid dienone is 4. The summed E-state index contributed by atoms with van der Waals surface area (Å²) in [6.45, 7) is 9.27. The number of nitrogens with zero attached hydrogens (tertiary/aromatic N) is 1. The van der Waals surface area contributed by atoms with Crippen molar-refractivity contribution in [3.8, 4) is 0 Å². The molecule has 0 aromatic carbocycles. The van der Waals surface area contributed by atoms with Gasteiger partial charge in [-0.1, -0.05) is 32.1 Å². The highest BCUT2D eigenvalue weighted by Crippen LogP contribution is 2.34. The van der Waals surface area contributed by atoms with Gasteiger partial charge in [-0.25, -0.2) is 0 Å². The largest absolute Gasteiger partial charge is 0.371 e. The summed E-state index contributed by atoms with van der Waals surface area (Å²) in [5.41, 5.74) is 3.13. The van der Waals surface area contributed by atoms with Crippen LogP contribution in [0.4, 0.5) is 0 Å². The van der Waals surface area contributed by atoms with Gasteiger partial charge in [0.05, 0.1) is 0 Å². The van der Waals surface area contributed by atoms with Crippen LogP contribution in [0, 0.1) is 5.92 Å². The summed E-state index contributed by atoms with van der Waals surface area (Å²) in [5, 5.41) is 0. The van der Waals surface area contributed by atoms with Gasteiger partial charge in [-0.3, -0.25) is 0 Å². The van der Waals surface area contributed by atoms with Crippen molar-refractivity contribution in [1.82, 2.24) is 4.90 Å². The zero-order chi connectivity index (χ0) is 12.4. The second-order valence-electron chi connectivity index (χ2n) is 5.87. The molecule has 0 bridgehead atoms. The van der Waals surface area contributed by atoms with Gasteiger partial charge in [0.2, 0.25) is 0 Å². The lowest BCUT2D eigenvalue weighted by Crippen LogP contribution is -2.36. The van der Waals surface area contributed by atoms with Crippen molar-refractivity contribution in [3.63, 3.8) is 0 Å². The lowest BCUT2D eigenvalue weighted by Gasteiger charge is -2.32. The Hall–Kier alpha value is -0.980. The average molecular weight is 231 g/mol. The first-order valence-corrected chi connectivity index (χ1v) is 6.93. The summed E-state index contributed by atoms with van der Waals surface area (Å²) >= 11 is 0. The van der Waals surface area contributed by atoms with Crippen LogP contribution in [-0.4, -0.2) is 17.0 Å². The Morgan fingerprint density at radius 1 is 1.18 bits per heavy atom. The SMILES string of the molecule is CC(C)[C@@H]1CC(C2=CC=CCC2)=CN1C(C)C. The van der Waals surface area contributed by atoms with Crippen molar-refractivity contribution in [3.05, 3.63) is 35.6 Å². The third-order valence-corrected chi connectivity index (χ3v) is 3.91. The van der Waals surface area contributed by atoms with Gasteiger partial charge in [-0.15, -0.1) is 0 Å². The molecule has 0 unspecified atom stereocenters. The summed E-state index contributed by atoms with van der Waals surface area (Å²) in [6.07, 6.45) is 12.9. The van der Waals surface area contributed by atoms with E-state index in [0.29, 0.717) is 12.1 Å². The maximum Gasteiger partial charge on any atom is 0.0351 e. The molecule has 2 aliphatic rings. The van der Waals surface area contributed by atoms with Gasteiger partial charge >= 0.3 is 0 Å². The predicted molar refractivity (Wildman–Crippen MR) is 74.8 cm³/mol. The highest BCUT2D eigenvalue weighted by molar-refractivity contribution is 5.38. The molecular formula is C16H25N. The fraction of sp³-hybridized carbons (Fsp3) is 0.625. The third kappa shape index (κ3) is 2.65. The van der Waals surface area contributed by atoms with Crippen LogP contribution >= 0.6 is 0 Å². The van der Waals surface area contributed by atoms with E-state index in [4.69, 9.17) is 0 Å². The molecule has 1 aliphatic heterocycles. The Balaban J connectivity index is 2.17. The van der Waals surface area contributed by atoms with Crippen molar-refractivity contribution in [2.45, 2.75) is 59.0 Å². The van der Waals surface area contributed by atoms with E-state index in [0.717, 1.165) is 5.92 Å². The van der Waals surface area contributed by atoms with Gasteiger partial charge in [0.1, 0.15) is 0 Å². The Bertz CT molecular complexity index is 358. The molecule has 1 nitrogen and oxygen atoms in total. The van der Waals surface area contributed by atoms with E-state index in [1.165, 1.54) is 19.3 Å². The number of hydrogen-bond donors (Lipinski definition) is 0. The van der Waals surface area contributed by atoms with E-state index < -0.39 is 0 Å². The van der Waals surface area contributed by atoms with Crippen LogP contribution in [0.1, 0.15) is 47.0 Å². The summed E-state index contributed by atoms with van der Waals surface area (Å²) in [5.74, 6) is 0.728. The second-order valence-corrected chi connectivity index (χ2v) is 5.87. The molecule has 0 N–H and O–H groups in total. The van der Waals surface area contributed by atoms with Crippen molar-refractivity contribution in [2.75, 3.05) is 0 Å². The Kier molecular flexibility index (Phi) is 3.76. The monoisotopic (exact) mass is 231 g/mol. The van der Waals surface area contributed by atoms with E-state index in [2.05, 4.69) is 57.0 Å². The standard InChI is InChI=1S/C16H25N/c1-12(2)16-10-15(11-17(16)13(3)4)14-8-6-5-7-9-14/h5-6,8,11-13,16H,7,9-10H2,1-4H3/t16-/m0/s1. The molecule has 17 heavy (non-hydrogen) atoms. The summed E-state index contributed by atoms with van der Waals surface area (Å²) < 4.78 is 0. The molecular weight excluding hydrogens is 206 g/mol. The van der Waals surface area contributed by atoms with Gasteiger partial charge in [0.25, 0.3) is 0 Å². The van der Waals surface area contributed by atoms with Crippen LogP contribution in [0.15, 0.2) is 35.6 Å². The van der Waals surface area contributed by atoms with E-state index >= 15 is 0 Å². The fourth-order valence-electron chi connectivity index (χ4n) is 2.86. The van der Waals surface area contributed by atoms with Crippen LogP contribution in [0.25, 0.3) is 0 Å². The zero-order valence-electron chi connectivity index (χ0n) is 11.6. The van der Waals surface area contributed by atoms with Gasteiger partial charge in [0, 0.05) is 18.3 Å². The topological polar surface area (TPSA) is 3.24 Å². The summed E-state index contributed by atoms with van der Waals surface area (Å²) in [7, 11) is 0. The Labute approximate surface area is 106 Å². The van der Waals surface area contributed by atoms with Crippen molar-refractivity contribution < 1.29 is 0 Å². The van der Waals surface area contributed by atoms with E-state index in [-0.39, 0.29) is 0 Å². The molecule has 0 saturated heterocycles. The minimum Gasteiger partial charge on any atom is -0.371 e. The lowest BCUT2D eigenvalue weighted by molar-refractivity contribution is 0.200. The number of hydrogen-bond acceptors (Lipinski definition) is 1. The van der Waals surface area contributed by atoms with Crippen LogP contribution in [0.5, 0.6) is 0 Å². The molecule has 2 rings (SSSR count). The van der Waals surface area contributed by atoms with Gasteiger partial charge in [-0.05, 0) is 50.2 Å². The second kappa shape index (κ2) is 5.12. The minimum absolute atomic E-state index is 0.611. The fourth-order valence-corrected chi connectivity index (χ4v) is 2.86. The van der Waals surface area contributed by atoms with Crippen molar-refractivity contribution >= 4 is 0 Å². The quantitative estimate of drug-likeness (QED) is 0.700. The van der Waals surface area contributed by atoms with Gasteiger partial charge in [0.15, 0.2) is 0 Å². The molecule has 0 aromatic heterocycles. The lowest BCUT2D eigenvalue weighted by atomic mass is 9.92. The molecule has 0 amide bonds. The van der Waals surface area contributed by atoms with Crippen LogP contribution in [-0.2, 0) is 0 Å². The Morgan fingerprint density at radius 2 is 1.94 bits per heavy atom. The predicted octanol–water partition coefficient (Wildman–Crippen LogP) is 4.29. The maximum absolute atomic E-state index is 2.55. The van der Waals surface area contributed by atoms with Crippen molar-refractivity contribution in [1.29, 1.82) is 0 Å². The molecule has 0 spiro atoms. The average Bonchev–Trinajstić information content (AvgIpc) is 2.75. The first kappa shape index (κ1) is 12.5. The Morgan fingerprint density at radius 3 is 2.41 bits per heavy atom. The third-order valence-electron chi connectivity index (χ3n) is 3.91. The van der Waals surface area contributed by atoms with Gasteiger partial charge < -0.3 is 4.90 Å². The summed E-state index contributed by atoms with van der Waals surface area (Å²) in [6, 6.07) is 1.30. The molecule has 94 valence electrons. The molecule has 1 heteroatoms. The maximum atomic E-state index is 2.55. The molecule has 1 atom stereocenters. The zero-order valence-corrected chi connectivity index (χ0v) is 11.6. The molecule has 1 heterocycles. The first-order valence-electron chi connectivity index (χ1n) is 6.93. The highest BCUT2D eigenvalue weighted by atomic mass is 15.2. The molecule has 0 fully saturated rings. The highest BCUT2D eigenvalue weighted by Gasteiger charge is 2.29. The van der Waals surface area contributed by atoms with Crippen LogP contribution in [0.3, 0.4) is 0 Å². The minimum atomic E-state index is 0.611. The van der Waals surface area contributed by atoms with Crippen molar-refractivity contribution in [2.24, 2.45) is 5.92 Å². The summed E-state index contributed by atoms with van der Waals surface area (Å²) in [4.78, 5) is 2.55. The number of rotatable bonds is 3. The molecule has 0 aromatic rings. The van der Waals surface area contributed by atoms with E-state index in [1.54, 1.807) is 11.1 Å². The first-order chi connectivity index (χ1) is 8.09. The van der Waals surface area contributed by atoms with E-state index in [1.807, 2.05) is 0 Å². The smallest absolute Gasteiger partial charge is 0.0351 e. The van der Waals surface area contributed by atoms with E-state index in [9.17, 15) is 0 Å². The normalized spacial score (nSPS) is 24.6. The molecule has 0 saturated carbocycles. The molecule has 0 radical (unpaired) electrons. The van der Waals surface area contributed by atoms with Crippen LogP contribution in [0.2, 0.25) is 0 Å². The molecule has 1 aliphatic carbocycles. The van der Waals surface area contributed by atoms with Crippen LogP contribution < -0.4 is 0 Å². The van der Waals surface area contributed by atoms with Gasteiger partial charge in [-0.2, -0.15) is 0 Å².